The number of aromatic nitrogens is 1. The van der Waals surface area contributed by atoms with Crippen molar-refractivity contribution in [3.05, 3.63) is 58.6 Å². The Morgan fingerprint density at radius 1 is 1.25 bits per heavy atom. The lowest BCUT2D eigenvalue weighted by atomic mass is 10.2. The summed E-state index contributed by atoms with van der Waals surface area (Å²) in [7, 11) is 0.954. The highest BCUT2D eigenvalue weighted by Crippen LogP contribution is 2.31. The van der Waals surface area contributed by atoms with Gasteiger partial charge in [0, 0.05) is 6.20 Å². The third-order valence-corrected chi connectivity index (χ3v) is 3.39. The van der Waals surface area contributed by atoms with Crippen molar-refractivity contribution in [3.8, 4) is 0 Å². The molecule has 1 amide bonds. The number of carbonyl (C=O) groups excluding carboxylic acids is 2. The maximum atomic E-state index is 13.5. The average Bonchev–Trinajstić information content (AvgIpc) is 2.63. The van der Waals surface area contributed by atoms with Crippen molar-refractivity contribution in [1.29, 1.82) is 0 Å². The van der Waals surface area contributed by atoms with Gasteiger partial charge < -0.3 is 4.74 Å². The van der Waals surface area contributed by atoms with Gasteiger partial charge in [0.05, 0.1) is 23.4 Å². The third-order valence-electron chi connectivity index (χ3n) is 3.10. The van der Waals surface area contributed by atoms with E-state index in [4.69, 9.17) is 11.6 Å². The SMILES string of the molecule is COC(=O)/C(=N/OC(=O)Nc1ccccc1F)c1ncc(C(F)(F)F)cc1Cl. The molecule has 1 aromatic carbocycles. The van der Waals surface area contributed by atoms with Gasteiger partial charge in [0.25, 0.3) is 0 Å². The van der Waals surface area contributed by atoms with Gasteiger partial charge in [-0.15, -0.1) is 0 Å². The summed E-state index contributed by atoms with van der Waals surface area (Å²) in [5.74, 6) is -1.95. The number of rotatable bonds is 4. The fourth-order valence-corrected chi connectivity index (χ4v) is 2.08. The Morgan fingerprint density at radius 2 is 1.93 bits per heavy atom. The highest BCUT2D eigenvalue weighted by atomic mass is 35.5. The van der Waals surface area contributed by atoms with Crippen LogP contribution in [0, 0.1) is 5.82 Å². The minimum Gasteiger partial charge on any atom is -0.464 e. The summed E-state index contributed by atoms with van der Waals surface area (Å²) in [6, 6.07) is 5.65. The lowest BCUT2D eigenvalue weighted by Crippen LogP contribution is -2.22. The predicted octanol–water partition coefficient (Wildman–Crippen LogP) is 4.02. The van der Waals surface area contributed by atoms with E-state index < -0.39 is 46.0 Å². The van der Waals surface area contributed by atoms with Crippen molar-refractivity contribution in [1.82, 2.24) is 4.98 Å². The largest absolute Gasteiger partial charge is 0.464 e. The van der Waals surface area contributed by atoms with Crippen LogP contribution in [-0.2, 0) is 20.5 Å². The van der Waals surface area contributed by atoms with E-state index in [1.165, 1.54) is 18.2 Å². The summed E-state index contributed by atoms with van der Waals surface area (Å²) < 4.78 is 56.0. The number of alkyl halides is 3. The molecular formula is C16H10ClF4N3O4. The molecule has 2 aromatic rings. The van der Waals surface area contributed by atoms with Gasteiger partial charge in [-0.2, -0.15) is 13.2 Å². The summed E-state index contributed by atoms with van der Waals surface area (Å²) >= 11 is 5.74. The summed E-state index contributed by atoms with van der Waals surface area (Å²) in [6.45, 7) is 0. The van der Waals surface area contributed by atoms with Crippen LogP contribution in [0.3, 0.4) is 0 Å². The fourth-order valence-electron chi connectivity index (χ4n) is 1.82. The van der Waals surface area contributed by atoms with E-state index in [1.54, 1.807) is 0 Å². The highest BCUT2D eigenvalue weighted by molar-refractivity contribution is 6.46. The second kappa shape index (κ2) is 8.65. The molecule has 1 heterocycles. The summed E-state index contributed by atoms with van der Waals surface area (Å²) in [4.78, 5) is 31.4. The number of ether oxygens (including phenoxy) is 1. The van der Waals surface area contributed by atoms with Crippen molar-refractivity contribution in [2.45, 2.75) is 6.18 Å². The van der Waals surface area contributed by atoms with Gasteiger partial charge >= 0.3 is 18.2 Å². The quantitative estimate of drug-likeness (QED) is 0.266. The zero-order chi connectivity index (χ0) is 20.9. The lowest BCUT2D eigenvalue weighted by molar-refractivity contribution is -0.137. The maximum Gasteiger partial charge on any atom is 0.437 e. The first kappa shape index (κ1) is 21.1. The van der Waals surface area contributed by atoms with Crippen LogP contribution in [0.1, 0.15) is 11.3 Å². The summed E-state index contributed by atoms with van der Waals surface area (Å²) in [6.07, 6.45) is -5.58. The number of nitrogens with one attached hydrogen (secondary N) is 1. The summed E-state index contributed by atoms with van der Waals surface area (Å²) in [5.41, 5.74) is -2.68. The predicted molar refractivity (Wildman–Crippen MR) is 89.3 cm³/mol. The van der Waals surface area contributed by atoms with Gasteiger partial charge in [-0.25, -0.2) is 14.0 Å². The van der Waals surface area contributed by atoms with Gasteiger partial charge in [-0.3, -0.25) is 15.1 Å². The maximum absolute atomic E-state index is 13.5. The van der Waals surface area contributed by atoms with E-state index in [2.05, 4.69) is 19.7 Å². The standard InChI is InChI=1S/C16H10ClF4N3O4/c1-27-14(25)13(12-9(17)6-8(7-22-12)16(19,20)21)24-28-15(26)23-11-5-3-2-4-10(11)18/h2-7H,1H3,(H,23,26)/b24-13+. The molecule has 0 saturated carbocycles. The molecule has 148 valence electrons. The van der Waals surface area contributed by atoms with Crippen LogP contribution in [0.15, 0.2) is 41.7 Å². The first-order valence-electron chi connectivity index (χ1n) is 7.25. The minimum absolute atomic E-state index is 0.229. The van der Waals surface area contributed by atoms with Crippen molar-refractivity contribution in [2.24, 2.45) is 5.16 Å². The number of methoxy groups -OCH3 is 1. The molecule has 28 heavy (non-hydrogen) atoms. The molecule has 0 radical (unpaired) electrons. The molecule has 0 bridgehead atoms. The number of hydrogen-bond donors (Lipinski definition) is 1. The van der Waals surface area contributed by atoms with Crippen LogP contribution in [0.5, 0.6) is 0 Å². The van der Waals surface area contributed by atoms with E-state index in [9.17, 15) is 27.2 Å². The number of pyridine rings is 1. The number of amides is 1. The molecule has 2 rings (SSSR count). The smallest absolute Gasteiger partial charge is 0.437 e. The molecule has 0 aliphatic heterocycles. The Kier molecular flexibility index (Phi) is 6.52. The Labute approximate surface area is 159 Å². The Morgan fingerprint density at radius 3 is 2.50 bits per heavy atom. The molecule has 0 aliphatic rings. The highest BCUT2D eigenvalue weighted by Gasteiger charge is 2.32. The Balaban J connectivity index is 2.28. The lowest BCUT2D eigenvalue weighted by Gasteiger charge is -2.10. The van der Waals surface area contributed by atoms with E-state index in [1.807, 2.05) is 5.32 Å². The van der Waals surface area contributed by atoms with Gasteiger partial charge in [-0.1, -0.05) is 28.9 Å². The third kappa shape index (κ3) is 5.16. The molecule has 1 N–H and O–H groups in total. The van der Waals surface area contributed by atoms with Crippen LogP contribution in [0.25, 0.3) is 0 Å². The van der Waals surface area contributed by atoms with Gasteiger partial charge in [0.15, 0.2) is 0 Å². The van der Waals surface area contributed by atoms with E-state index >= 15 is 0 Å². The van der Waals surface area contributed by atoms with Gasteiger partial charge in [0.2, 0.25) is 5.71 Å². The number of oxime groups is 1. The normalized spacial score (nSPS) is 11.7. The molecule has 0 atom stereocenters. The number of nitrogens with zero attached hydrogens (tertiary/aromatic N) is 2. The van der Waals surface area contributed by atoms with Crippen LogP contribution >= 0.6 is 11.6 Å². The molecule has 0 aliphatic carbocycles. The van der Waals surface area contributed by atoms with Gasteiger partial charge in [-0.05, 0) is 18.2 Å². The summed E-state index contributed by atoms with van der Waals surface area (Å²) in [5, 5.41) is 4.66. The van der Waals surface area contributed by atoms with Crippen molar-refractivity contribution in [2.75, 3.05) is 12.4 Å². The van der Waals surface area contributed by atoms with Crippen LogP contribution in [0.2, 0.25) is 5.02 Å². The van der Waals surface area contributed by atoms with E-state index in [-0.39, 0.29) is 5.69 Å². The number of benzene rings is 1. The molecule has 1 aromatic heterocycles. The van der Waals surface area contributed by atoms with Gasteiger partial charge in [0.1, 0.15) is 11.5 Å². The number of carbonyl (C=O) groups is 2. The zero-order valence-electron chi connectivity index (χ0n) is 13.9. The topological polar surface area (TPSA) is 89.9 Å². The molecule has 0 fully saturated rings. The molecule has 0 unspecified atom stereocenters. The zero-order valence-corrected chi connectivity index (χ0v) is 14.6. The molecule has 7 nitrogen and oxygen atoms in total. The first-order chi connectivity index (χ1) is 13.1. The second-order valence-electron chi connectivity index (χ2n) is 4.97. The van der Waals surface area contributed by atoms with Crippen LogP contribution in [-0.4, -0.2) is 29.9 Å². The first-order valence-corrected chi connectivity index (χ1v) is 7.63. The number of hydrogen-bond acceptors (Lipinski definition) is 6. The Hall–Kier alpha value is -3.21. The van der Waals surface area contributed by atoms with E-state index in [0.717, 1.165) is 13.2 Å². The Bertz CT molecular complexity index is 934. The number of anilines is 1. The number of esters is 1. The van der Waals surface area contributed by atoms with E-state index in [0.29, 0.717) is 12.3 Å². The fraction of sp³-hybridized carbons (Fsp3) is 0.125. The monoisotopic (exact) mass is 419 g/mol. The molecular weight excluding hydrogens is 410 g/mol. The molecule has 12 heteroatoms. The average molecular weight is 420 g/mol. The molecule has 0 spiro atoms. The number of halogens is 5. The minimum atomic E-state index is -4.71. The van der Waals surface area contributed by atoms with Crippen molar-refractivity contribution < 1.29 is 36.7 Å². The van der Waals surface area contributed by atoms with Crippen LogP contribution in [0.4, 0.5) is 28.0 Å². The van der Waals surface area contributed by atoms with Crippen molar-refractivity contribution in [3.63, 3.8) is 0 Å². The van der Waals surface area contributed by atoms with Crippen LogP contribution < -0.4 is 5.32 Å². The second-order valence-corrected chi connectivity index (χ2v) is 5.37. The molecule has 0 saturated heterocycles. The van der Waals surface area contributed by atoms with Crippen molar-refractivity contribution >= 4 is 35.1 Å². The number of para-hydroxylation sites is 1.